The maximum Gasteiger partial charge on any atom is 0.335 e. The largest absolute Gasteiger partial charge is 0.479 e. The van der Waals surface area contributed by atoms with Gasteiger partial charge in [0, 0.05) is 5.41 Å². The van der Waals surface area contributed by atoms with Crippen LogP contribution < -0.4 is 0 Å². The van der Waals surface area contributed by atoms with Gasteiger partial charge in [0.05, 0.1) is 13.2 Å². The van der Waals surface area contributed by atoms with Gasteiger partial charge in [-0.1, -0.05) is 20.8 Å². The van der Waals surface area contributed by atoms with Gasteiger partial charge < -0.3 is 35.0 Å². The van der Waals surface area contributed by atoms with Crippen molar-refractivity contribution in [3.63, 3.8) is 0 Å². The molecule has 4 unspecified atom stereocenters. The highest BCUT2D eigenvalue weighted by atomic mass is 16.7. The number of aliphatic hydroxyl groups excluding tert-OH is 4. The second kappa shape index (κ2) is 7.67. The zero-order valence-electron chi connectivity index (χ0n) is 13.0. The normalized spacial score (nSPS) is 35.4. The lowest BCUT2D eigenvalue weighted by molar-refractivity contribution is -0.299. The Morgan fingerprint density at radius 3 is 2.27 bits per heavy atom. The van der Waals surface area contributed by atoms with E-state index in [2.05, 4.69) is 0 Å². The number of ether oxygens (including phenoxy) is 2. The predicted octanol–water partition coefficient (Wildman–Crippen LogP) is -1.06. The number of carboxylic acids is 1. The van der Waals surface area contributed by atoms with Crippen LogP contribution in [0.25, 0.3) is 0 Å². The predicted molar refractivity (Wildman–Crippen MR) is 74.9 cm³/mol. The van der Waals surface area contributed by atoms with Crippen LogP contribution in [-0.4, -0.2) is 75.4 Å². The third-order valence-corrected chi connectivity index (χ3v) is 3.69. The molecule has 0 aliphatic carbocycles. The Morgan fingerprint density at radius 1 is 1.23 bits per heavy atom. The van der Waals surface area contributed by atoms with E-state index in [4.69, 9.17) is 14.6 Å². The van der Waals surface area contributed by atoms with Gasteiger partial charge >= 0.3 is 5.97 Å². The van der Waals surface area contributed by atoms with Gasteiger partial charge in [0.1, 0.15) is 18.3 Å². The monoisotopic (exact) mass is 322 g/mol. The van der Waals surface area contributed by atoms with Crippen molar-refractivity contribution in [2.75, 3.05) is 13.2 Å². The van der Waals surface area contributed by atoms with Gasteiger partial charge in [0.2, 0.25) is 0 Å². The van der Waals surface area contributed by atoms with Crippen molar-refractivity contribution in [3.05, 3.63) is 0 Å². The minimum Gasteiger partial charge on any atom is -0.479 e. The van der Waals surface area contributed by atoms with E-state index in [-0.39, 0.29) is 13.2 Å². The van der Waals surface area contributed by atoms with Crippen molar-refractivity contribution in [1.29, 1.82) is 0 Å². The Kier molecular flexibility index (Phi) is 6.72. The molecule has 8 nitrogen and oxygen atoms in total. The van der Waals surface area contributed by atoms with Gasteiger partial charge in [-0.25, -0.2) is 4.79 Å². The van der Waals surface area contributed by atoms with E-state index >= 15 is 0 Å². The topological polar surface area (TPSA) is 137 Å². The van der Waals surface area contributed by atoms with Gasteiger partial charge in [-0.05, 0) is 12.3 Å². The molecule has 130 valence electrons. The smallest absolute Gasteiger partial charge is 0.335 e. The minimum absolute atomic E-state index is 0.0125. The van der Waals surface area contributed by atoms with Crippen LogP contribution in [0.4, 0.5) is 0 Å². The molecule has 0 saturated carbocycles. The number of rotatable bonds is 7. The van der Waals surface area contributed by atoms with Crippen molar-refractivity contribution in [3.8, 4) is 0 Å². The Labute approximate surface area is 129 Å². The number of hydrogen-bond donors (Lipinski definition) is 5. The van der Waals surface area contributed by atoms with Crippen LogP contribution >= 0.6 is 0 Å². The highest BCUT2D eigenvalue weighted by Crippen LogP contribution is 2.29. The average Bonchev–Trinajstić information content (AvgIpc) is 2.43. The van der Waals surface area contributed by atoms with Crippen molar-refractivity contribution in [2.45, 2.75) is 57.9 Å². The summed E-state index contributed by atoms with van der Waals surface area (Å²) in [6, 6.07) is 0. The van der Waals surface area contributed by atoms with Crippen molar-refractivity contribution < 1.29 is 39.8 Å². The zero-order chi connectivity index (χ0) is 17.1. The summed E-state index contributed by atoms with van der Waals surface area (Å²) in [5, 5.41) is 47.6. The first-order valence-electron chi connectivity index (χ1n) is 7.26. The van der Waals surface area contributed by atoms with Gasteiger partial charge in [0.15, 0.2) is 12.4 Å². The number of carboxylic acid groups (broad SMARTS) is 1. The molecule has 0 amide bonds. The van der Waals surface area contributed by atoms with E-state index in [0.717, 1.165) is 0 Å². The second-order valence-corrected chi connectivity index (χ2v) is 6.61. The SMILES string of the molecule is CC(C)CC(C)(CO)COC1OC(C(=O)O)[C@@H](O)C(O)[C@@H]1O. The molecular formula is C14H26O8. The Balaban J connectivity index is 2.72. The quantitative estimate of drug-likeness (QED) is 0.400. The number of aliphatic carboxylic acids is 1. The van der Waals surface area contributed by atoms with Gasteiger partial charge in [-0.2, -0.15) is 0 Å². The van der Waals surface area contributed by atoms with Crippen LogP contribution in [0.5, 0.6) is 0 Å². The van der Waals surface area contributed by atoms with Crippen LogP contribution in [0.2, 0.25) is 0 Å². The summed E-state index contributed by atoms with van der Waals surface area (Å²) < 4.78 is 10.4. The summed E-state index contributed by atoms with van der Waals surface area (Å²) in [5.41, 5.74) is -0.586. The average molecular weight is 322 g/mol. The van der Waals surface area contributed by atoms with Crippen LogP contribution in [0.1, 0.15) is 27.2 Å². The molecule has 0 aromatic rings. The van der Waals surface area contributed by atoms with Crippen LogP contribution in [0.3, 0.4) is 0 Å². The number of carbonyl (C=O) groups is 1. The van der Waals surface area contributed by atoms with E-state index in [1.807, 2.05) is 13.8 Å². The Morgan fingerprint density at radius 2 is 1.82 bits per heavy atom. The standard InChI is InChI=1S/C14H26O8/c1-7(2)4-14(3,5-15)6-21-13-10(18)8(16)9(17)11(22-13)12(19)20/h7-11,13,15-18H,4-6H2,1-3H3,(H,19,20)/t8?,9-,10-,11?,13?,14?/m0/s1. The van der Waals surface area contributed by atoms with Gasteiger partial charge in [0.25, 0.3) is 0 Å². The Bertz CT molecular complexity index is 374. The Hall–Kier alpha value is -0.770. The molecule has 22 heavy (non-hydrogen) atoms. The summed E-state index contributed by atoms with van der Waals surface area (Å²) >= 11 is 0. The van der Waals surface area contributed by atoms with Crippen LogP contribution in [0, 0.1) is 11.3 Å². The maximum atomic E-state index is 11.0. The molecule has 6 atom stereocenters. The molecule has 0 aromatic heterocycles. The molecule has 1 aliphatic heterocycles. The lowest BCUT2D eigenvalue weighted by Crippen LogP contribution is -2.60. The van der Waals surface area contributed by atoms with Crippen molar-refractivity contribution in [1.82, 2.24) is 0 Å². The molecular weight excluding hydrogens is 296 g/mol. The lowest BCUT2D eigenvalue weighted by atomic mass is 9.83. The van der Waals surface area contributed by atoms with Crippen LogP contribution in [0.15, 0.2) is 0 Å². The fraction of sp³-hybridized carbons (Fsp3) is 0.929. The summed E-state index contributed by atoms with van der Waals surface area (Å²) in [7, 11) is 0. The second-order valence-electron chi connectivity index (χ2n) is 6.61. The van der Waals surface area contributed by atoms with Gasteiger partial charge in [-0.3, -0.25) is 0 Å². The van der Waals surface area contributed by atoms with Crippen molar-refractivity contribution >= 4 is 5.97 Å². The third-order valence-electron chi connectivity index (χ3n) is 3.69. The molecule has 0 spiro atoms. The molecule has 5 N–H and O–H groups in total. The number of hydrogen-bond acceptors (Lipinski definition) is 7. The molecule has 8 heteroatoms. The molecule has 0 bridgehead atoms. The van der Waals surface area contributed by atoms with E-state index < -0.39 is 42.1 Å². The van der Waals surface area contributed by atoms with Crippen molar-refractivity contribution in [2.24, 2.45) is 11.3 Å². The van der Waals surface area contributed by atoms with E-state index in [1.54, 1.807) is 6.92 Å². The van der Waals surface area contributed by atoms with E-state index in [1.165, 1.54) is 0 Å². The fourth-order valence-corrected chi connectivity index (χ4v) is 2.63. The van der Waals surface area contributed by atoms with E-state index in [9.17, 15) is 25.2 Å². The summed E-state index contributed by atoms with van der Waals surface area (Å²) in [4.78, 5) is 11.0. The van der Waals surface area contributed by atoms with E-state index in [0.29, 0.717) is 12.3 Å². The first-order chi connectivity index (χ1) is 10.1. The summed E-state index contributed by atoms with van der Waals surface area (Å²) in [6.45, 7) is 5.63. The van der Waals surface area contributed by atoms with Crippen LogP contribution in [-0.2, 0) is 14.3 Å². The fourth-order valence-electron chi connectivity index (χ4n) is 2.63. The first-order valence-corrected chi connectivity index (χ1v) is 7.26. The molecule has 0 aromatic carbocycles. The molecule has 1 saturated heterocycles. The molecule has 1 rings (SSSR count). The molecule has 1 aliphatic rings. The maximum absolute atomic E-state index is 11.0. The zero-order valence-corrected chi connectivity index (χ0v) is 13.0. The molecule has 0 radical (unpaired) electrons. The highest BCUT2D eigenvalue weighted by Gasteiger charge is 2.47. The minimum atomic E-state index is -1.74. The summed E-state index contributed by atoms with van der Waals surface area (Å²) in [5.74, 6) is -1.16. The molecule has 1 fully saturated rings. The number of aliphatic hydroxyl groups is 4. The third kappa shape index (κ3) is 4.61. The molecule has 1 heterocycles. The highest BCUT2D eigenvalue weighted by molar-refractivity contribution is 5.73. The summed E-state index contributed by atoms with van der Waals surface area (Å²) in [6.07, 6.45) is -7.43. The lowest BCUT2D eigenvalue weighted by Gasteiger charge is -2.40. The first kappa shape index (κ1) is 19.3. The van der Waals surface area contributed by atoms with Gasteiger partial charge in [-0.15, -0.1) is 0 Å².